The minimum absolute atomic E-state index is 0.425. The fourth-order valence-electron chi connectivity index (χ4n) is 2.04. The van der Waals surface area contributed by atoms with Crippen LogP contribution in [0.4, 0.5) is 0 Å². The third-order valence-electron chi connectivity index (χ3n) is 2.99. The molecule has 1 aromatic heterocycles. The van der Waals surface area contributed by atoms with E-state index in [1.54, 1.807) is 18.4 Å². The summed E-state index contributed by atoms with van der Waals surface area (Å²) in [5.41, 5.74) is 8.15. The zero-order valence-corrected chi connectivity index (χ0v) is 12.5. The lowest BCUT2D eigenvalue weighted by molar-refractivity contribution is 0.414. The number of nitrogens with two attached hydrogens (primary N) is 1. The van der Waals surface area contributed by atoms with Crippen LogP contribution in [0.5, 0.6) is 5.75 Å². The van der Waals surface area contributed by atoms with Crippen LogP contribution in [0.2, 0.25) is 0 Å². The molecule has 0 aliphatic rings. The number of ether oxygens (including phenoxy) is 1. The highest BCUT2D eigenvalue weighted by Gasteiger charge is 2.13. The van der Waals surface area contributed by atoms with Gasteiger partial charge in [0.05, 0.1) is 17.8 Å². The van der Waals surface area contributed by atoms with E-state index in [9.17, 15) is 0 Å². The molecular weight excluding hydrogens is 256 g/mol. The zero-order chi connectivity index (χ0) is 13.8. The van der Waals surface area contributed by atoms with E-state index in [0.717, 1.165) is 22.9 Å². The molecule has 2 aromatic rings. The van der Waals surface area contributed by atoms with Gasteiger partial charge >= 0.3 is 0 Å². The second-order valence-corrected chi connectivity index (χ2v) is 5.97. The molecule has 0 bridgehead atoms. The van der Waals surface area contributed by atoms with E-state index in [0.29, 0.717) is 12.5 Å². The monoisotopic (exact) mass is 276 g/mol. The molecule has 102 valence electrons. The van der Waals surface area contributed by atoms with Crippen LogP contribution < -0.4 is 10.5 Å². The first kappa shape index (κ1) is 14.0. The second-order valence-electron chi connectivity index (χ2n) is 4.80. The first-order chi connectivity index (χ1) is 9.13. The van der Waals surface area contributed by atoms with Gasteiger partial charge in [-0.2, -0.15) is 0 Å². The Morgan fingerprint density at radius 2 is 2.16 bits per heavy atom. The fourth-order valence-corrected chi connectivity index (χ4v) is 3.18. The van der Waals surface area contributed by atoms with Crippen LogP contribution >= 0.6 is 11.3 Å². The Balaban J connectivity index is 2.23. The summed E-state index contributed by atoms with van der Waals surface area (Å²) in [4.78, 5) is 5.93. The molecule has 0 spiro atoms. The van der Waals surface area contributed by atoms with Crippen LogP contribution in [-0.4, -0.2) is 12.1 Å². The van der Waals surface area contributed by atoms with Crippen molar-refractivity contribution < 1.29 is 4.74 Å². The smallest absolute Gasteiger partial charge is 0.119 e. The predicted molar refractivity (Wildman–Crippen MR) is 79.9 cm³/mol. The summed E-state index contributed by atoms with van der Waals surface area (Å²) in [5, 5.41) is 1.12. The highest BCUT2D eigenvalue weighted by atomic mass is 32.1. The van der Waals surface area contributed by atoms with Crippen molar-refractivity contribution in [3.63, 3.8) is 0 Å². The molecule has 2 N–H and O–H groups in total. The van der Waals surface area contributed by atoms with Crippen molar-refractivity contribution in [1.29, 1.82) is 0 Å². The average Bonchev–Trinajstić information content (AvgIpc) is 2.82. The summed E-state index contributed by atoms with van der Waals surface area (Å²) in [6, 6.07) is 8.12. The van der Waals surface area contributed by atoms with E-state index in [1.807, 2.05) is 12.1 Å². The van der Waals surface area contributed by atoms with Gasteiger partial charge < -0.3 is 10.5 Å². The van der Waals surface area contributed by atoms with Crippen molar-refractivity contribution in [1.82, 2.24) is 4.98 Å². The van der Waals surface area contributed by atoms with Gasteiger partial charge in [0, 0.05) is 17.8 Å². The molecule has 19 heavy (non-hydrogen) atoms. The second kappa shape index (κ2) is 6.17. The summed E-state index contributed by atoms with van der Waals surface area (Å²) in [7, 11) is 1.69. The van der Waals surface area contributed by atoms with Gasteiger partial charge in [-0.25, -0.2) is 4.98 Å². The van der Waals surface area contributed by atoms with Crippen molar-refractivity contribution in [3.05, 3.63) is 45.4 Å². The van der Waals surface area contributed by atoms with Gasteiger partial charge in [0.1, 0.15) is 5.75 Å². The molecule has 0 radical (unpaired) electrons. The van der Waals surface area contributed by atoms with E-state index in [-0.39, 0.29) is 0 Å². The highest BCUT2D eigenvalue weighted by Crippen LogP contribution is 2.26. The predicted octanol–water partition coefficient (Wildman–Crippen LogP) is 3.32. The van der Waals surface area contributed by atoms with Crippen LogP contribution in [-0.2, 0) is 13.0 Å². The lowest BCUT2D eigenvalue weighted by Gasteiger charge is -2.03. The van der Waals surface area contributed by atoms with E-state index >= 15 is 0 Å². The Hall–Kier alpha value is -1.39. The third-order valence-corrected chi connectivity index (χ3v) is 4.09. The largest absolute Gasteiger partial charge is 0.497 e. The maximum atomic E-state index is 5.79. The first-order valence-electron chi connectivity index (χ1n) is 6.45. The summed E-state index contributed by atoms with van der Waals surface area (Å²) >= 11 is 1.72. The maximum absolute atomic E-state index is 5.79. The minimum Gasteiger partial charge on any atom is -0.497 e. The molecule has 2 rings (SSSR count). The van der Waals surface area contributed by atoms with Crippen molar-refractivity contribution in [2.75, 3.05) is 7.11 Å². The number of benzene rings is 1. The standard InChI is InChI=1S/C15H20N2OS/c1-10(2)15-13(9-16)19-14(17-15)8-11-5-4-6-12(7-11)18-3/h4-7,10H,8-9,16H2,1-3H3. The van der Waals surface area contributed by atoms with Gasteiger partial charge in [-0.1, -0.05) is 26.0 Å². The molecule has 0 aliphatic carbocycles. The number of nitrogens with zero attached hydrogens (tertiary/aromatic N) is 1. The van der Waals surface area contributed by atoms with Crippen molar-refractivity contribution in [3.8, 4) is 5.75 Å². The Bertz CT molecular complexity index is 549. The number of aromatic nitrogens is 1. The van der Waals surface area contributed by atoms with Gasteiger partial charge in [-0.15, -0.1) is 11.3 Å². The van der Waals surface area contributed by atoms with E-state index in [4.69, 9.17) is 15.5 Å². The lowest BCUT2D eigenvalue weighted by Crippen LogP contribution is -1.99. The molecule has 0 saturated carbocycles. The minimum atomic E-state index is 0.425. The summed E-state index contributed by atoms with van der Waals surface area (Å²) in [6.45, 7) is 4.89. The Morgan fingerprint density at radius 3 is 2.74 bits per heavy atom. The zero-order valence-electron chi connectivity index (χ0n) is 11.6. The molecule has 1 heterocycles. The number of rotatable bonds is 5. The molecule has 0 saturated heterocycles. The van der Waals surface area contributed by atoms with Gasteiger partial charge in [-0.05, 0) is 23.6 Å². The maximum Gasteiger partial charge on any atom is 0.119 e. The van der Waals surface area contributed by atoms with Crippen LogP contribution in [0, 0.1) is 0 Å². The van der Waals surface area contributed by atoms with Gasteiger partial charge in [0.2, 0.25) is 0 Å². The third kappa shape index (κ3) is 3.33. The molecule has 1 aromatic carbocycles. The van der Waals surface area contributed by atoms with Gasteiger partial charge in [0.15, 0.2) is 0 Å². The van der Waals surface area contributed by atoms with Crippen molar-refractivity contribution >= 4 is 11.3 Å². The van der Waals surface area contributed by atoms with E-state index < -0.39 is 0 Å². The Morgan fingerprint density at radius 1 is 1.37 bits per heavy atom. The number of hydrogen-bond acceptors (Lipinski definition) is 4. The van der Waals surface area contributed by atoms with Crippen LogP contribution in [0.3, 0.4) is 0 Å². The Labute approximate surface area is 118 Å². The van der Waals surface area contributed by atoms with E-state index in [1.165, 1.54) is 10.4 Å². The number of methoxy groups -OCH3 is 1. The van der Waals surface area contributed by atoms with Crippen molar-refractivity contribution in [2.24, 2.45) is 5.73 Å². The van der Waals surface area contributed by atoms with Crippen molar-refractivity contribution in [2.45, 2.75) is 32.7 Å². The lowest BCUT2D eigenvalue weighted by atomic mass is 10.1. The van der Waals surface area contributed by atoms with Crippen LogP contribution in [0.15, 0.2) is 24.3 Å². The summed E-state index contributed by atoms with van der Waals surface area (Å²) in [5.74, 6) is 1.31. The normalized spacial score (nSPS) is 11.0. The fraction of sp³-hybridized carbons (Fsp3) is 0.400. The number of thiazole rings is 1. The van der Waals surface area contributed by atoms with Crippen LogP contribution in [0.25, 0.3) is 0 Å². The highest BCUT2D eigenvalue weighted by molar-refractivity contribution is 7.11. The molecule has 0 aliphatic heterocycles. The SMILES string of the molecule is COc1cccc(Cc2nc(C(C)C)c(CN)s2)c1. The van der Waals surface area contributed by atoms with Gasteiger partial charge in [0.25, 0.3) is 0 Å². The van der Waals surface area contributed by atoms with E-state index in [2.05, 4.69) is 26.0 Å². The molecule has 0 atom stereocenters. The topological polar surface area (TPSA) is 48.1 Å². The molecular formula is C15H20N2OS. The quantitative estimate of drug-likeness (QED) is 0.911. The van der Waals surface area contributed by atoms with Gasteiger partial charge in [-0.3, -0.25) is 0 Å². The molecule has 0 unspecified atom stereocenters. The van der Waals surface area contributed by atoms with Crippen LogP contribution in [0.1, 0.15) is 40.9 Å². The Kier molecular flexibility index (Phi) is 4.56. The summed E-state index contributed by atoms with van der Waals surface area (Å²) < 4.78 is 5.24. The summed E-state index contributed by atoms with van der Waals surface area (Å²) in [6.07, 6.45) is 0.835. The number of hydrogen-bond donors (Lipinski definition) is 1. The molecule has 0 amide bonds. The molecule has 0 fully saturated rings. The average molecular weight is 276 g/mol. The first-order valence-corrected chi connectivity index (χ1v) is 7.27. The molecule has 4 heteroatoms. The molecule has 3 nitrogen and oxygen atoms in total.